The second kappa shape index (κ2) is 6.21. The molecule has 8 heteroatoms. The number of hydrogen-bond donors (Lipinski definition) is 3. The van der Waals surface area contributed by atoms with E-state index < -0.39 is 24.7 Å². The molecule has 21 heavy (non-hydrogen) atoms. The van der Waals surface area contributed by atoms with Gasteiger partial charge in [0.25, 0.3) is 5.91 Å². The molecule has 2 aromatic carbocycles. The number of rotatable bonds is 3. The van der Waals surface area contributed by atoms with Gasteiger partial charge in [0.2, 0.25) is 0 Å². The second-order valence-electron chi connectivity index (χ2n) is 4.20. The normalized spacial score (nSPS) is 10.3. The van der Waals surface area contributed by atoms with Gasteiger partial charge in [-0.15, -0.1) is 0 Å². The van der Waals surface area contributed by atoms with Gasteiger partial charge in [0.1, 0.15) is 11.6 Å². The number of carbonyl (C=O) groups is 1. The van der Waals surface area contributed by atoms with Crippen molar-refractivity contribution in [2.75, 3.05) is 5.32 Å². The molecule has 0 aromatic heterocycles. The maximum absolute atomic E-state index is 13.6. The van der Waals surface area contributed by atoms with Crippen LogP contribution in [0.2, 0.25) is 5.02 Å². The smallest absolute Gasteiger partial charge is 0.423 e. The molecule has 0 radical (unpaired) electrons. The minimum Gasteiger partial charge on any atom is -0.423 e. The van der Waals surface area contributed by atoms with E-state index in [2.05, 4.69) is 5.32 Å². The predicted molar refractivity (Wildman–Crippen MR) is 75.6 cm³/mol. The van der Waals surface area contributed by atoms with Crippen LogP contribution in [0.4, 0.5) is 14.5 Å². The van der Waals surface area contributed by atoms with Crippen molar-refractivity contribution in [2.45, 2.75) is 0 Å². The van der Waals surface area contributed by atoms with Crippen LogP contribution in [0.25, 0.3) is 0 Å². The lowest BCUT2D eigenvalue weighted by molar-refractivity contribution is 0.102. The molecule has 1 amide bonds. The Kier molecular flexibility index (Phi) is 4.57. The first-order valence-corrected chi connectivity index (χ1v) is 6.18. The van der Waals surface area contributed by atoms with E-state index in [1.165, 1.54) is 12.1 Å². The van der Waals surface area contributed by atoms with Gasteiger partial charge in [0, 0.05) is 5.69 Å². The van der Waals surface area contributed by atoms with Crippen molar-refractivity contribution in [1.29, 1.82) is 0 Å². The maximum Gasteiger partial charge on any atom is 0.488 e. The van der Waals surface area contributed by atoms with Crippen LogP contribution < -0.4 is 10.8 Å². The van der Waals surface area contributed by atoms with Crippen LogP contribution in [0.15, 0.2) is 36.4 Å². The lowest BCUT2D eigenvalue weighted by atomic mass is 9.79. The van der Waals surface area contributed by atoms with Gasteiger partial charge in [-0.25, -0.2) is 8.78 Å². The first-order chi connectivity index (χ1) is 9.88. The molecule has 0 aliphatic rings. The summed E-state index contributed by atoms with van der Waals surface area (Å²) >= 11 is 5.57. The number of carbonyl (C=O) groups excluding carboxylic acids is 1. The summed E-state index contributed by atoms with van der Waals surface area (Å²) in [5, 5.41) is 20.2. The van der Waals surface area contributed by atoms with Crippen LogP contribution >= 0.6 is 11.6 Å². The summed E-state index contributed by atoms with van der Waals surface area (Å²) in [6, 6.07) is 6.61. The van der Waals surface area contributed by atoms with E-state index in [0.29, 0.717) is 0 Å². The molecular formula is C13H9BClF2NO3. The van der Waals surface area contributed by atoms with E-state index in [1.807, 2.05) is 0 Å². The fourth-order valence-corrected chi connectivity index (χ4v) is 1.83. The van der Waals surface area contributed by atoms with Crippen molar-refractivity contribution < 1.29 is 23.6 Å². The van der Waals surface area contributed by atoms with Crippen LogP contribution in [0.1, 0.15) is 10.4 Å². The molecular weight excluding hydrogens is 302 g/mol. The monoisotopic (exact) mass is 311 g/mol. The second-order valence-corrected chi connectivity index (χ2v) is 4.60. The van der Waals surface area contributed by atoms with Crippen LogP contribution in [-0.4, -0.2) is 23.1 Å². The molecule has 0 fully saturated rings. The fraction of sp³-hybridized carbons (Fsp3) is 0. The Morgan fingerprint density at radius 3 is 2.38 bits per heavy atom. The van der Waals surface area contributed by atoms with Crippen LogP contribution in [-0.2, 0) is 0 Å². The maximum atomic E-state index is 13.6. The molecule has 0 spiro atoms. The quantitative estimate of drug-likeness (QED) is 0.753. The van der Waals surface area contributed by atoms with E-state index in [-0.39, 0.29) is 21.7 Å². The minimum absolute atomic E-state index is 0.0290. The summed E-state index contributed by atoms with van der Waals surface area (Å²) in [6.45, 7) is 0. The van der Waals surface area contributed by atoms with Gasteiger partial charge in [-0.2, -0.15) is 0 Å². The molecule has 0 aliphatic carbocycles. The summed E-state index contributed by atoms with van der Waals surface area (Å²) in [7, 11) is -1.82. The zero-order valence-electron chi connectivity index (χ0n) is 10.5. The highest BCUT2D eigenvalue weighted by molar-refractivity contribution is 6.58. The molecule has 0 bridgehead atoms. The molecule has 0 saturated carbocycles. The van der Waals surface area contributed by atoms with Crippen molar-refractivity contribution in [3.8, 4) is 0 Å². The standard InChI is InChI=1S/C13H9BClF2NO3/c15-10-6-8(2-4-12(10)17)18-13(19)9-5-7(14(20)21)1-3-11(9)16/h1-6,20-21H,(H,18,19). The Balaban J connectivity index is 2.27. The number of anilines is 1. The zero-order valence-corrected chi connectivity index (χ0v) is 11.2. The summed E-state index contributed by atoms with van der Waals surface area (Å²) < 4.78 is 26.6. The zero-order chi connectivity index (χ0) is 15.6. The number of nitrogens with one attached hydrogen (secondary N) is 1. The van der Waals surface area contributed by atoms with Crippen molar-refractivity contribution in [3.05, 3.63) is 58.6 Å². The van der Waals surface area contributed by atoms with E-state index in [0.717, 1.165) is 24.3 Å². The van der Waals surface area contributed by atoms with Gasteiger partial charge in [0.05, 0.1) is 10.6 Å². The highest BCUT2D eigenvalue weighted by Crippen LogP contribution is 2.20. The van der Waals surface area contributed by atoms with Crippen molar-refractivity contribution in [1.82, 2.24) is 0 Å². The van der Waals surface area contributed by atoms with Gasteiger partial charge in [-0.3, -0.25) is 4.79 Å². The van der Waals surface area contributed by atoms with Crippen LogP contribution in [0.5, 0.6) is 0 Å². The molecule has 3 N–H and O–H groups in total. The molecule has 0 saturated heterocycles. The number of halogens is 3. The molecule has 2 rings (SSSR count). The molecule has 0 aliphatic heterocycles. The van der Waals surface area contributed by atoms with Gasteiger partial charge in [-0.05, 0) is 35.8 Å². The van der Waals surface area contributed by atoms with Crippen molar-refractivity contribution in [3.63, 3.8) is 0 Å². The number of hydrogen-bond acceptors (Lipinski definition) is 3. The molecule has 0 unspecified atom stereocenters. The average Bonchev–Trinajstić information content (AvgIpc) is 2.43. The summed E-state index contributed by atoms with van der Waals surface area (Å²) in [6.07, 6.45) is 0. The highest BCUT2D eigenvalue weighted by Gasteiger charge is 2.18. The largest absolute Gasteiger partial charge is 0.488 e. The minimum atomic E-state index is -1.82. The molecule has 108 valence electrons. The Hall–Kier alpha value is -1.96. The SMILES string of the molecule is O=C(Nc1ccc(F)c(Cl)c1)c1cc(B(O)O)ccc1F. The third kappa shape index (κ3) is 3.58. The number of amides is 1. The Morgan fingerprint density at radius 2 is 1.76 bits per heavy atom. The topological polar surface area (TPSA) is 69.6 Å². The molecule has 0 heterocycles. The number of benzene rings is 2. The van der Waals surface area contributed by atoms with Crippen LogP contribution in [0.3, 0.4) is 0 Å². The molecule has 2 aromatic rings. The van der Waals surface area contributed by atoms with E-state index in [9.17, 15) is 13.6 Å². The Morgan fingerprint density at radius 1 is 1.10 bits per heavy atom. The van der Waals surface area contributed by atoms with Gasteiger partial charge in [-0.1, -0.05) is 17.7 Å². The Labute approximate surface area is 124 Å². The first-order valence-electron chi connectivity index (χ1n) is 5.80. The summed E-state index contributed by atoms with van der Waals surface area (Å²) in [5.41, 5.74) is -0.222. The third-order valence-corrected chi connectivity index (χ3v) is 3.00. The van der Waals surface area contributed by atoms with Gasteiger partial charge in [0.15, 0.2) is 0 Å². The van der Waals surface area contributed by atoms with Crippen molar-refractivity contribution in [2.24, 2.45) is 0 Å². The predicted octanol–water partition coefficient (Wildman–Crippen LogP) is 1.55. The summed E-state index contributed by atoms with van der Waals surface area (Å²) in [5.74, 6) is -2.30. The first kappa shape index (κ1) is 15.4. The van der Waals surface area contributed by atoms with Gasteiger partial charge < -0.3 is 15.4 Å². The fourth-order valence-electron chi connectivity index (χ4n) is 1.65. The summed E-state index contributed by atoms with van der Waals surface area (Å²) in [4.78, 5) is 12.0. The molecule has 0 atom stereocenters. The Bertz CT molecular complexity index is 697. The van der Waals surface area contributed by atoms with E-state index in [1.54, 1.807) is 0 Å². The van der Waals surface area contributed by atoms with Crippen molar-refractivity contribution >= 4 is 35.8 Å². The lowest BCUT2D eigenvalue weighted by Crippen LogP contribution is -2.31. The van der Waals surface area contributed by atoms with E-state index in [4.69, 9.17) is 21.6 Å². The third-order valence-electron chi connectivity index (χ3n) is 2.71. The lowest BCUT2D eigenvalue weighted by Gasteiger charge is -2.08. The molecule has 4 nitrogen and oxygen atoms in total. The van der Waals surface area contributed by atoms with Gasteiger partial charge >= 0.3 is 7.12 Å². The van der Waals surface area contributed by atoms with E-state index >= 15 is 0 Å². The average molecular weight is 311 g/mol. The van der Waals surface area contributed by atoms with Crippen LogP contribution in [0, 0.1) is 11.6 Å². The highest BCUT2D eigenvalue weighted by atomic mass is 35.5.